The van der Waals surface area contributed by atoms with Crippen LogP contribution in [-0.2, 0) is 19.6 Å². The van der Waals surface area contributed by atoms with Crippen LogP contribution in [-0.4, -0.2) is 48.5 Å². The van der Waals surface area contributed by atoms with Gasteiger partial charge in [-0.25, -0.2) is 14.8 Å². The van der Waals surface area contributed by atoms with Crippen LogP contribution < -0.4 is 15.7 Å². The van der Waals surface area contributed by atoms with Gasteiger partial charge in [0.15, 0.2) is 5.82 Å². The molecule has 1 N–H and O–H groups in total. The number of hydrogen-bond acceptors (Lipinski definition) is 6. The van der Waals surface area contributed by atoms with Gasteiger partial charge in [0.05, 0.1) is 24.5 Å². The van der Waals surface area contributed by atoms with Crippen LogP contribution in [0.5, 0.6) is 5.75 Å². The quantitative estimate of drug-likeness (QED) is 0.191. The summed E-state index contributed by atoms with van der Waals surface area (Å²) in [7, 11) is 0. The summed E-state index contributed by atoms with van der Waals surface area (Å²) in [5.74, 6) is 0.659. The van der Waals surface area contributed by atoms with Gasteiger partial charge in [-0.2, -0.15) is 0 Å². The average molecular weight is 722 g/mol. The molecule has 1 aliphatic carbocycles. The van der Waals surface area contributed by atoms with E-state index in [0.29, 0.717) is 35.1 Å². The zero-order valence-electron chi connectivity index (χ0n) is 27.6. The van der Waals surface area contributed by atoms with E-state index in [0.717, 1.165) is 34.0 Å². The highest BCUT2D eigenvalue weighted by Crippen LogP contribution is 2.45. The number of benzene rings is 3. The Kier molecular flexibility index (Phi) is 8.70. The van der Waals surface area contributed by atoms with Crippen LogP contribution in [0.3, 0.4) is 0 Å². The molecular weight excluding hydrogens is 684 g/mol. The lowest BCUT2D eigenvalue weighted by Gasteiger charge is -2.34. The van der Waals surface area contributed by atoms with Crippen molar-refractivity contribution in [2.24, 2.45) is 5.41 Å². The second-order valence-corrected chi connectivity index (χ2v) is 14.1. The summed E-state index contributed by atoms with van der Waals surface area (Å²) >= 11 is 3.51. The van der Waals surface area contributed by atoms with Crippen molar-refractivity contribution >= 4 is 27.7 Å². The number of aromatic nitrogens is 4. The third kappa shape index (κ3) is 6.55. The monoisotopic (exact) mass is 720 g/mol. The van der Waals surface area contributed by atoms with Crippen molar-refractivity contribution in [2.45, 2.75) is 59.3 Å². The average Bonchev–Trinajstić information content (AvgIpc) is 3.80. The van der Waals surface area contributed by atoms with Crippen LogP contribution in [0.1, 0.15) is 64.4 Å². The minimum atomic E-state index is -0.432. The lowest BCUT2D eigenvalue weighted by Crippen LogP contribution is -2.47. The van der Waals surface area contributed by atoms with E-state index >= 15 is 0 Å². The smallest absolute Gasteiger partial charge is 0.333 e. The molecule has 2 aromatic heterocycles. The highest BCUT2D eigenvalue weighted by Gasteiger charge is 2.38. The second kappa shape index (κ2) is 13.1. The van der Waals surface area contributed by atoms with Crippen molar-refractivity contribution in [2.75, 3.05) is 6.61 Å². The maximum absolute atomic E-state index is 14.3. The summed E-state index contributed by atoms with van der Waals surface area (Å²) in [6.07, 6.45) is 5.65. The van der Waals surface area contributed by atoms with Crippen LogP contribution in [0.4, 0.5) is 0 Å². The SMILES string of the molecule is Cc1cc(C(=O)N2Cc3c(C(=O)NCc4ccccc4-c4ncccn4)n(-c4ccc(OCC5(C)CC5)cc4)c(=O)n3C[C@H]2C)ccc1Br. The van der Waals surface area contributed by atoms with Gasteiger partial charge in [0, 0.05) is 52.5 Å². The van der Waals surface area contributed by atoms with Gasteiger partial charge in [-0.15, -0.1) is 0 Å². The van der Waals surface area contributed by atoms with Gasteiger partial charge in [-0.3, -0.25) is 18.7 Å². The molecule has 0 saturated heterocycles. The van der Waals surface area contributed by atoms with Crippen LogP contribution in [0.15, 0.2) is 94.5 Å². The molecule has 10 nitrogen and oxygen atoms in total. The number of fused-ring (bicyclic) bond motifs is 1. The molecule has 2 aliphatic rings. The standard InChI is InChI=1S/C38H37BrN6O4/c1-24-19-26(9-14-31(24)39)36(47)43-22-32-33(35(46)42-20-27-7-4-5-8-30(27)34-40-17-6-18-41-34)45(37(48)44(32)21-25(43)2)28-10-12-29(13-11-28)49-23-38(3)15-16-38/h4-14,17-19,25H,15-16,20-23H2,1-3H3,(H,42,46)/t25-/m1/s1. The minimum Gasteiger partial charge on any atom is -0.493 e. The number of ether oxygens (including phenoxy) is 1. The van der Waals surface area contributed by atoms with Gasteiger partial charge < -0.3 is 15.0 Å². The van der Waals surface area contributed by atoms with E-state index in [1.165, 1.54) is 4.57 Å². The van der Waals surface area contributed by atoms with Gasteiger partial charge in [-0.05, 0) is 86.3 Å². The molecule has 1 aliphatic heterocycles. The number of aryl methyl sites for hydroxylation is 1. The summed E-state index contributed by atoms with van der Waals surface area (Å²) in [5, 5.41) is 3.05. The lowest BCUT2D eigenvalue weighted by atomic mass is 10.1. The number of amides is 2. The Labute approximate surface area is 292 Å². The normalized spacial score (nSPS) is 16.2. The molecule has 1 atom stereocenters. The van der Waals surface area contributed by atoms with Crippen molar-refractivity contribution in [3.05, 3.63) is 128 Å². The van der Waals surface area contributed by atoms with Crippen LogP contribution >= 0.6 is 15.9 Å². The Bertz CT molecular complexity index is 2100. The van der Waals surface area contributed by atoms with Crippen LogP contribution in [0.25, 0.3) is 17.1 Å². The number of hydrogen-bond donors (Lipinski definition) is 1. The lowest BCUT2D eigenvalue weighted by molar-refractivity contribution is 0.0610. The molecule has 0 bridgehead atoms. The number of imidazole rings is 1. The number of halogens is 1. The summed E-state index contributed by atoms with van der Waals surface area (Å²) in [4.78, 5) is 52.8. The highest BCUT2D eigenvalue weighted by atomic mass is 79.9. The Morgan fingerprint density at radius 1 is 1.02 bits per heavy atom. The number of carbonyl (C=O) groups is 2. The zero-order chi connectivity index (χ0) is 34.3. The fourth-order valence-corrected chi connectivity index (χ4v) is 6.45. The maximum atomic E-state index is 14.3. The summed E-state index contributed by atoms with van der Waals surface area (Å²) in [5.41, 5.74) is 4.20. The molecular formula is C38H37BrN6O4. The third-order valence-electron chi connectivity index (χ3n) is 9.47. The summed E-state index contributed by atoms with van der Waals surface area (Å²) in [6.45, 7) is 7.21. The van der Waals surface area contributed by atoms with Crippen molar-refractivity contribution in [3.8, 4) is 22.8 Å². The summed E-state index contributed by atoms with van der Waals surface area (Å²) in [6, 6.07) is 21.8. The number of rotatable bonds is 9. The summed E-state index contributed by atoms with van der Waals surface area (Å²) < 4.78 is 10.0. The number of nitrogens with zero attached hydrogens (tertiary/aromatic N) is 5. The zero-order valence-corrected chi connectivity index (χ0v) is 29.2. The van der Waals surface area contributed by atoms with Gasteiger partial charge in [0.2, 0.25) is 0 Å². The molecule has 0 spiro atoms. The largest absolute Gasteiger partial charge is 0.493 e. The first-order valence-corrected chi connectivity index (χ1v) is 17.2. The third-order valence-corrected chi connectivity index (χ3v) is 10.4. The first-order valence-electron chi connectivity index (χ1n) is 16.4. The molecule has 3 heterocycles. The fraction of sp³-hybridized carbons (Fsp3) is 0.289. The molecule has 1 saturated carbocycles. The molecule has 250 valence electrons. The van der Waals surface area contributed by atoms with E-state index in [9.17, 15) is 14.4 Å². The molecule has 2 amide bonds. The van der Waals surface area contributed by atoms with Crippen LogP contribution in [0, 0.1) is 12.3 Å². The minimum absolute atomic E-state index is 0.0916. The van der Waals surface area contributed by atoms with E-state index in [1.807, 2.05) is 62.4 Å². The van der Waals surface area contributed by atoms with E-state index < -0.39 is 5.91 Å². The van der Waals surface area contributed by atoms with E-state index in [2.05, 4.69) is 38.1 Å². The number of nitrogens with one attached hydrogen (secondary N) is 1. The molecule has 49 heavy (non-hydrogen) atoms. The van der Waals surface area contributed by atoms with Crippen molar-refractivity contribution in [1.29, 1.82) is 0 Å². The Balaban J connectivity index is 1.24. The van der Waals surface area contributed by atoms with Gasteiger partial charge in [0.25, 0.3) is 11.8 Å². The predicted molar refractivity (Wildman–Crippen MR) is 190 cm³/mol. The number of carbonyl (C=O) groups excluding carboxylic acids is 2. The predicted octanol–water partition coefficient (Wildman–Crippen LogP) is 6.32. The van der Waals surface area contributed by atoms with Crippen LogP contribution in [0.2, 0.25) is 0 Å². The van der Waals surface area contributed by atoms with Gasteiger partial charge in [-0.1, -0.05) is 47.1 Å². The van der Waals surface area contributed by atoms with Crippen molar-refractivity contribution in [1.82, 2.24) is 29.3 Å². The highest BCUT2D eigenvalue weighted by molar-refractivity contribution is 9.10. The molecule has 0 unspecified atom stereocenters. The Hall–Kier alpha value is -5.03. The van der Waals surface area contributed by atoms with Gasteiger partial charge in [0.1, 0.15) is 11.4 Å². The van der Waals surface area contributed by atoms with E-state index in [4.69, 9.17) is 4.74 Å². The first kappa shape index (κ1) is 32.5. The Morgan fingerprint density at radius 2 is 1.76 bits per heavy atom. The first-order chi connectivity index (χ1) is 23.6. The van der Waals surface area contributed by atoms with Crippen molar-refractivity contribution < 1.29 is 14.3 Å². The molecule has 5 aromatic rings. The maximum Gasteiger partial charge on any atom is 0.333 e. The Morgan fingerprint density at radius 3 is 2.47 bits per heavy atom. The molecule has 7 rings (SSSR count). The molecule has 3 aromatic carbocycles. The fourth-order valence-electron chi connectivity index (χ4n) is 6.20. The molecule has 1 fully saturated rings. The van der Waals surface area contributed by atoms with Crippen molar-refractivity contribution in [3.63, 3.8) is 0 Å². The molecule has 0 radical (unpaired) electrons. The van der Waals surface area contributed by atoms with E-state index in [-0.39, 0.29) is 48.4 Å². The molecule has 11 heteroatoms. The second-order valence-electron chi connectivity index (χ2n) is 13.3. The van der Waals surface area contributed by atoms with Gasteiger partial charge >= 0.3 is 5.69 Å². The van der Waals surface area contributed by atoms with E-state index in [1.54, 1.807) is 46.1 Å². The topological polar surface area (TPSA) is 111 Å².